The van der Waals surface area contributed by atoms with Crippen molar-refractivity contribution in [3.8, 4) is 22.5 Å². The molecule has 1 aliphatic heterocycles. The molecular weight excluding hydrogens is 485 g/mol. The molecule has 1 aliphatic rings. The number of carbonyl (C=O) groups excluding carboxylic acids is 1. The largest absolute Gasteiger partial charge is 0.416 e. The van der Waals surface area contributed by atoms with Gasteiger partial charge in [0.1, 0.15) is 17.5 Å². The van der Waals surface area contributed by atoms with Crippen molar-refractivity contribution in [2.45, 2.75) is 32.2 Å². The maximum absolute atomic E-state index is 13.0. The number of carbonyl (C=O) groups is 1. The quantitative estimate of drug-likeness (QED) is 0.526. The fourth-order valence-electron chi connectivity index (χ4n) is 3.54. The molecule has 0 bridgehead atoms. The third-order valence-electron chi connectivity index (χ3n) is 5.60. The van der Waals surface area contributed by atoms with Gasteiger partial charge >= 0.3 is 6.18 Å². The molecular formula is C23H22ClF3N6O2. The number of rotatable bonds is 6. The summed E-state index contributed by atoms with van der Waals surface area (Å²) in [6.45, 7) is 4.31. The fraction of sp³-hybridized carbons (Fsp3) is 0.348. The van der Waals surface area contributed by atoms with Crippen molar-refractivity contribution >= 4 is 23.5 Å². The predicted octanol–water partition coefficient (Wildman–Crippen LogP) is 3.59. The van der Waals surface area contributed by atoms with Gasteiger partial charge in [0, 0.05) is 36.6 Å². The van der Waals surface area contributed by atoms with Crippen molar-refractivity contribution in [3.63, 3.8) is 0 Å². The van der Waals surface area contributed by atoms with Crippen LogP contribution in [0.4, 0.5) is 19.1 Å². The molecule has 12 heteroatoms. The number of pyridine rings is 1. The minimum absolute atomic E-state index is 0.193. The summed E-state index contributed by atoms with van der Waals surface area (Å²) in [5, 5.41) is 21.4. The molecule has 0 aliphatic carbocycles. The fourth-order valence-corrected chi connectivity index (χ4v) is 3.75. The van der Waals surface area contributed by atoms with Crippen molar-refractivity contribution in [1.29, 1.82) is 0 Å². The van der Waals surface area contributed by atoms with Crippen molar-refractivity contribution < 1.29 is 23.1 Å². The van der Waals surface area contributed by atoms with Gasteiger partial charge in [-0.1, -0.05) is 37.6 Å². The van der Waals surface area contributed by atoms with Gasteiger partial charge in [0.2, 0.25) is 11.9 Å². The Morgan fingerprint density at radius 1 is 1.14 bits per heavy atom. The van der Waals surface area contributed by atoms with Crippen LogP contribution in [0.25, 0.3) is 22.5 Å². The first kappa shape index (κ1) is 24.8. The molecule has 0 radical (unpaired) electrons. The number of alkyl halides is 3. The Kier molecular flexibility index (Phi) is 6.91. The first-order valence-corrected chi connectivity index (χ1v) is 11.2. The zero-order valence-electron chi connectivity index (χ0n) is 18.8. The molecule has 4 rings (SSSR count). The number of benzene rings is 1. The topological polar surface area (TPSA) is 104 Å². The number of amides is 1. The molecule has 1 aromatic carbocycles. The summed E-state index contributed by atoms with van der Waals surface area (Å²) in [4.78, 5) is 22.4. The van der Waals surface area contributed by atoms with Gasteiger partial charge in [-0.25, -0.2) is 4.98 Å². The van der Waals surface area contributed by atoms with Crippen LogP contribution in [0, 0.1) is 5.92 Å². The molecule has 1 fully saturated rings. The minimum atomic E-state index is -4.46. The van der Waals surface area contributed by atoms with E-state index in [0.717, 1.165) is 12.1 Å². The Balaban J connectivity index is 1.61. The van der Waals surface area contributed by atoms with Gasteiger partial charge < -0.3 is 15.3 Å². The van der Waals surface area contributed by atoms with E-state index in [1.54, 1.807) is 24.8 Å². The number of anilines is 1. The maximum Gasteiger partial charge on any atom is 0.416 e. The highest BCUT2D eigenvalue weighted by atomic mass is 35.5. The third-order valence-corrected chi connectivity index (χ3v) is 5.90. The highest BCUT2D eigenvalue weighted by molar-refractivity contribution is 6.33. The molecule has 3 heterocycles. The molecule has 0 unspecified atom stereocenters. The maximum atomic E-state index is 13.0. The molecule has 3 aromatic rings. The van der Waals surface area contributed by atoms with E-state index in [1.165, 1.54) is 24.5 Å². The second-order valence-corrected chi connectivity index (χ2v) is 8.95. The van der Waals surface area contributed by atoms with Crippen LogP contribution in [0.5, 0.6) is 0 Å². The van der Waals surface area contributed by atoms with E-state index in [9.17, 15) is 23.1 Å². The van der Waals surface area contributed by atoms with Crippen molar-refractivity contribution in [2.75, 3.05) is 18.0 Å². The summed E-state index contributed by atoms with van der Waals surface area (Å²) in [6, 6.07) is 6.00. The Labute approximate surface area is 204 Å². The number of aliphatic hydroxyl groups is 1. The molecule has 35 heavy (non-hydrogen) atoms. The number of hydrogen-bond acceptors (Lipinski definition) is 7. The van der Waals surface area contributed by atoms with Crippen LogP contribution in [-0.4, -0.2) is 56.4 Å². The number of aromatic nitrogens is 4. The Hall–Kier alpha value is -3.31. The summed E-state index contributed by atoms with van der Waals surface area (Å²) in [5.41, 5.74) is 0.714. The molecule has 2 aromatic heterocycles. The molecule has 0 saturated carbocycles. The number of halogens is 4. The van der Waals surface area contributed by atoms with Gasteiger partial charge in [-0.2, -0.15) is 13.2 Å². The van der Waals surface area contributed by atoms with Gasteiger partial charge in [0.05, 0.1) is 16.6 Å². The normalized spacial score (nSPS) is 15.1. The lowest BCUT2D eigenvalue weighted by Crippen LogP contribution is -2.61. The first-order valence-electron chi connectivity index (χ1n) is 10.8. The first-order chi connectivity index (χ1) is 16.5. The molecule has 184 valence electrons. The number of hydrogen-bond donors (Lipinski definition) is 2. The van der Waals surface area contributed by atoms with E-state index in [0.29, 0.717) is 34.9 Å². The van der Waals surface area contributed by atoms with Crippen LogP contribution in [0.15, 0.2) is 42.7 Å². The summed E-state index contributed by atoms with van der Waals surface area (Å²) in [5.74, 6) is -0.367. The van der Waals surface area contributed by atoms with Crippen LogP contribution >= 0.6 is 11.6 Å². The lowest BCUT2D eigenvalue weighted by atomic mass is 10.0. The van der Waals surface area contributed by atoms with Crippen molar-refractivity contribution in [3.05, 3.63) is 53.3 Å². The van der Waals surface area contributed by atoms with Crippen LogP contribution in [0.1, 0.15) is 19.4 Å². The summed E-state index contributed by atoms with van der Waals surface area (Å²) in [6.07, 6.45) is -2.59. The standard InChI is InChI=1S/C23H22ClF3N6O2/c1-12(2)20(34)21(35)29-15-10-33(11-15)22-30-19(16-7-8-28-9-17(16)24)18(31-32-22)13-3-5-14(6-4-13)23(25,26)27/h3-9,12,15,20,34H,10-11H2,1-2H3,(H,29,35)/t20-/m0/s1. The van der Waals surface area contributed by atoms with Crippen LogP contribution in [0.3, 0.4) is 0 Å². The van der Waals surface area contributed by atoms with E-state index in [-0.39, 0.29) is 23.6 Å². The summed E-state index contributed by atoms with van der Waals surface area (Å²) < 4.78 is 39.0. The summed E-state index contributed by atoms with van der Waals surface area (Å²) in [7, 11) is 0. The summed E-state index contributed by atoms with van der Waals surface area (Å²) >= 11 is 6.33. The Morgan fingerprint density at radius 3 is 2.43 bits per heavy atom. The number of aliphatic hydroxyl groups excluding tert-OH is 1. The van der Waals surface area contributed by atoms with Crippen LogP contribution < -0.4 is 10.2 Å². The van der Waals surface area contributed by atoms with Crippen LogP contribution in [0.2, 0.25) is 5.02 Å². The number of nitrogens with one attached hydrogen (secondary N) is 1. The Bertz CT molecular complexity index is 1220. The van der Waals surface area contributed by atoms with Gasteiger partial charge in [-0.3, -0.25) is 9.78 Å². The van der Waals surface area contributed by atoms with Gasteiger partial charge in [-0.15, -0.1) is 10.2 Å². The van der Waals surface area contributed by atoms with E-state index >= 15 is 0 Å². The zero-order valence-corrected chi connectivity index (χ0v) is 19.5. The van der Waals surface area contributed by atoms with E-state index in [2.05, 4.69) is 25.5 Å². The van der Waals surface area contributed by atoms with Gasteiger partial charge in [0.15, 0.2) is 0 Å². The van der Waals surface area contributed by atoms with Crippen molar-refractivity contribution in [2.24, 2.45) is 5.92 Å². The molecule has 1 atom stereocenters. The second-order valence-electron chi connectivity index (χ2n) is 8.54. The van der Waals surface area contributed by atoms with Crippen LogP contribution in [-0.2, 0) is 11.0 Å². The molecule has 8 nitrogen and oxygen atoms in total. The molecule has 2 N–H and O–H groups in total. The zero-order chi connectivity index (χ0) is 25.3. The molecule has 1 saturated heterocycles. The monoisotopic (exact) mass is 506 g/mol. The van der Waals surface area contributed by atoms with E-state index < -0.39 is 23.8 Å². The third kappa shape index (κ3) is 5.35. The molecule has 0 spiro atoms. The smallest absolute Gasteiger partial charge is 0.383 e. The highest BCUT2D eigenvalue weighted by Gasteiger charge is 2.33. The Morgan fingerprint density at radius 2 is 1.83 bits per heavy atom. The van der Waals surface area contributed by atoms with E-state index in [4.69, 9.17) is 11.6 Å². The lowest BCUT2D eigenvalue weighted by molar-refractivity contribution is -0.137. The highest BCUT2D eigenvalue weighted by Crippen LogP contribution is 2.36. The van der Waals surface area contributed by atoms with Gasteiger partial charge in [0.25, 0.3) is 0 Å². The lowest BCUT2D eigenvalue weighted by Gasteiger charge is -2.39. The van der Waals surface area contributed by atoms with Gasteiger partial charge in [-0.05, 0) is 24.1 Å². The van der Waals surface area contributed by atoms with Crippen molar-refractivity contribution in [1.82, 2.24) is 25.5 Å². The van der Waals surface area contributed by atoms with E-state index in [1.807, 2.05) is 0 Å². The second kappa shape index (κ2) is 9.74. The number of nitrogens with zero attached hydrogens (tertiary/aromatic N) is 5. The predicted molar refractivity (Wildman–Crippen MR) is 123 cm³/mol. The molecule has 1 amide bonds. The SMILES string of the molecule is CC(C)[C@H](O)C(=O)NC1CN(c2nnc(-c3ccc(C(F)(F)F)cc3)c(-c3ccncc3Cl)n2)C1. The minimum Gasteiger partial charge on any atom is -0.383 e. The average Bonchev–Trinajstić information content (AvgIpc) is 2.80. The average molecular weight is 507 g/mol.